The van der Waals surface area contributed by atoms with E-state index in [0.29, 0.717) is 0 Å². The molecular weight excluding hydrogens is 617 g/mol. The number of aromatic hydroxyl groups is 1. The number of phenols is 1. The van der Waals surface area contributed by atoms with Crippen LogP contribution in [0.5, 0.6) is 5.75 Å². The van der Waals surface area contributed by atoms with Gasteiger partial charge in [0, 0.05) is 16.7 Å². The van der Waals surface area contributed by atoms with E-state index in [4.69, 9.17) is 93.8 Å². The summed E-state index contributed by atoms with van der Waals surface area (Å²) in [5.74, 6) is -3.17. The van der Waals surface area contributed by atoms with Crippen molar-refractivity contribution in [1.82, 2.24) is 0 Å². The van der Waals surface area contributed by atoms with E-state index in [-0.39, 0.29) is 47.6 Å². The van der Waals surface area contributed by atoms with Crippen molar-refractivity contribution in [3.8, 4) is 5.75 Å². The van der Waals surface area contributed by atoms with Crippen LogP contribution in [-0.4, -0.2) is 84.2 Å². The van der Waals surface area contributed by atoms with Gasteiger partial charge in [-0.1, -0.05) is 77.7 Å². The normalized spacial score (nSPS) is 10.6. The highest BCUT2D eigenvalue weighted by atomic mass is 35.5. The summed E-state index contributed by atoms with van der Waals surface area (Å²) in [5.41, 5.74) is 0.528. The number of carbonyl (C=O) groups is 3. The van der Waals surface area contributed by atoms with Gasteiger partial charge in [-0.15, -0.1) is 0 Å². The van der Waals surface area contributed by atoms with E-state index in [1.54, 1.807) is 0 Å². The molecule has 0 heterocycles. The summed E-state index contributed by atoms with van der Waals surface area (Å²) in [6, 6.07) is 0. The summed E-state index contributed by atoms with van der Waals surface area (Å²) >= 11 is 27.9. The Bertz CT molecular complexity index is 775. The molecule has 38 heavy (non-hydrogen) atoms. The van der Waals surface area contributed by atoms with Crippen molar-refractivity contribution in [3.05, 3.63) is 61.6 Å². The number of rotatable bonds is 6. The molecule has 2 atom stereocenters. The molecule has 11 nitrogen and oxygen atoms in total. The maximum Gasteiger partial charge on any atom is 0.330 e. The van der Waals surface area contributed by atoms with E-state index in [1.807, 2.05) is 0 Å². The van der Waals surface area contributed by atoms with Crippen LogP contribution in [0.1, 0.15) is 20.8 Å². The Hall–Kier alpha value is -2.06. The standard InChI is InChI=1S/C6HCl5O.C4H10O4.3C4H6O2/c7-1-2(8)4(10)6(12)5(11)3(1)9;5-1-3(7)4(8)2-6;3*1-3(2)4(5)6/h12H;3-8H,1-2H2;3*1H2,2H3,(H,5,6). The molecule has 0 aliphatic rings. The van der Waals surface area contributed by atoms with Gasteiger partial charge in [0.15, 0.2) is 5.75 Å². The van der Waals surface area contributed by atoms with Crippen LogP contribution in [0.4, 0.5) is 0 Å². The Morgan fingerprint density at radius 1 is 0.605 bits per heavy atom. The van der Waals surface area contributed by atoms with Gasteiger partial charge < -0.3 is 40.9 Å². The number of phenolic OH excluding ortho intramolecular Hbond substituents is 1. The molecule has 0 spiro atoms. The van der Waals surface area contributed by atoms with E-state index >= 15 is 0 Å². The minimum atomic E-state index is -1.22. The fraction of sp³-hybridized carbons (Fsp3) is 0.318. The maximum absolute atomic E-state index is 9.60. The molecule has 1 aromatic rings. The van der Waals surface area contributed by atoms with Crippen molar-refractivity contribution >= 4 is 75.9 Å². The number of hydrogen-bond acceptors (Lipinski definition) is 8. The number of carboxylic acids is 3. The number of carboxylic acid groups (broad SMARTS) is 3. The van der Waals surface area contributed by atoms with Gasteiger partial charge in [-0.2, -0.15) is 0 Å². The van der Waals surface area contributed by atoms with E-state index in [2.05, 4.69) is 19.7 Å². The molecule has 218 valence electrons. The largest absolute Gasteiger partial charge is 0.505 e. The maximum atomic E-state index is 9.60. The molecule has 0 aliphatic carbocycles. The Labute approximate surface area is 244 Å². The van der Waals surface area contributed by atoms with Gasteiger partial charge in [0.25, 0.3) is 0 Å². The summed E-state index contributed by atoms with van der Waals surface area (Å²) < 4.78 is 0. The summed E-state index contributed by atoms with van der Waals surface area (Å²) in [4.78, 5) is 28.8. The zero-order valence-corrected chi connectivity index (χ0v) is 24.2. The number of hydrogen-bond donors (Lipinski definition) is 8. The molecule has 0 fully saturated rings. The zero-order valence-electron chi connectivity index (χ0n) is 20.4. The summed E-state index contributed by atoms with van der Waals surface area (Å²) in [6.45, 7) is 12.8. The van der Waals surface area contributed by atoms with Crippen LogP contribution in [0.2, 0.25) is 25.1 Å². The van der Waals surface area contributed by atoms with E-state index in [9.17, 15) is 19.5 Å². The Balaban J connectivity index is -0.000000198. The van der Waals surface area contributed by atoms with Crippen molar-refractivity contribution in [3.63, 3.8) is 0 Å². The average Bonchev–Trinajstić information content (AvgIpc) is 2.85. The minimum Gasteiger partial charge on any atom is -0.505 e. The quantitative estimate of drug-likeness (QED) is 0.124. The SMILES string of the molecule is C=C(C)C(=O)O.C=C(C)C(=O)O.C=C(C)C(=O)O.OCC(O)C(O)CO.Oc1c(Cl)c(Cl)c(Cl)c(Cl)c1Cl. The first-order valence-electron chi connectivity index (χ1n) is 9.56. The molecule has 0 radical (unpaired) electrons. The van der Waals surface area contributed by atoms with E-state index in [1.165, 1.54) is 20.8 Å². The summed E-state index contributed by atoms with van der Waals surface area (Å²) in [6.07, 6.45) is -2.44. The molecule has 2 unspecified atom stereocenters. The molecule has 0 amide bonds. The molecule has 8 N–H and O–H groups in total. The third kappa shape index (κ3) is 20.9. The van der Waals surface area contributed by atoms with Crippen molar-refractivity contribution in [2.75, 3.05) is 13.2 Å². The molecule has 1 rings (SSSR count). The number of halogens is 5. The first-order valence-corrected chi connectivity index (χ1v) is 11.5. The van der Waals surface area contributed by atoms with Crippen LogP contribution in [-0.2, 0) is 14.4 Å². The lowest BCUT2D eigenvalue weighted by molar-refractivity contribution is -0.133. The van der Waals surface area contributed by atoms with Gasteiger partial charge in [-0.05, 0) is 20.8 Å². The molecule has 0 aliphatic heterocycles. The van der Waals surface area contributed by atoms with Gasteiger partial charge in [-0.3, -0.25) is 0 Å². The highest BCUT2D eigenvalue weighted by Crippen LogP contribution is 2.47. The number of benzene rings is 1. The second kappa shape index (κ2) is 22.9. The fourth-order valence-corrected chi connectivity index (χ4v) is 1.97. The van der Waals surface area contributed by atoms with Crippen molar-refractivity contribution in [1.29, 1.82) is 0 Å². The molecule has 0 saturated carbocycles. The number of aliphatic hydroxyl groups is 4. The van der Waals surface area contributed by atoms with Crippen LogP contribution in [0.25, 0.3) is 0 Å². The molecule has 0 saturated heterocycles. The van der Waals surface area contributed by atoms with Crippen molar-refractivity contribution < 1.29 is 55.2 Å². The van der Waals surface area contributed by atoms with Gasteiger partial charge in [0.1, 0.15) is 22.3 Å². The Kier molecular flexibility index (Phi) is 25.9. The van der Waals surface area contributed by atoms with Crippen LogP contribution in [0, 0.1) is 0 Å². The molecular formula is C22H29Cl5O11. The van der Waals surface area contributed by atoms with E-state index < -0.39 is 43.3 Å². The van der Waals surface area contributed by atoms with Crippen LogP contribution in [0.3, 0.4) is 0 Å². The van der Waals surface area contributed by atoms with Gasteiger partial charge in [0.2, 0.25) is 0 Å². The lowest BCUT2D eigenvalue weighted by Crippen LogP contribution is -2.31. The second-order valence-corrected chi connectivity index (χ2v) is 8.56. The molecule has 1 aromatic carbocycles. The minimum absolute atomic E-state index is 0.00904. The first kappa shape index (κ1) is 43.0. The number of aliphatic hydroxyl groups excluding tert-OH is 4. The average molecular weight is 647 g/mol. The summed E-state index contributed by atoms with van der Waals surface area (Å²) in [7, 11) is 0. The highest BCUT2D eigenvalue weighted by Gasteiger charge is 2.18. The predicted octanol–water partition coefficient (Wildman–Crippen LogP) is 4.29. The van der Waals surface area contributed by atoms with Crippen LogP contribution >= 0.6 is 58.0 Å². The van der Waals surface area contributed by atoms with Gasteiger partial charge in [-0.25, -0.2) is 14.4 Å². The third-order valence-electron chi connectivity index (χ3n) is 3.10. The van der Waals surface area contributed by atoms with E-state index in [0.717, 1.165) is 0 Å². The number of aliphatic carboxylic acids is 3. The third-order valence-corrected chi connectivity index (χ3v) is 5.36. The lowest BCUT2D eigenvalue weighted by atomic mass is 10.2. The van der Waals surface area contributed by atoms with Crippen LogP contribution < -0.4 is 0 Å². The summed E-state index contributed by atoms with van der Waals surface area (Å²) in [5, 5.41) is 65.9. The second-order valence-electron chi connectivity index (χ2n) is 6.67. The van der Waals surface area contributed by atoms with Gasteiger partial charge in [0.05, 0.1) is 28.3 Å². The first-order chi connectivity index (χ1) is 17.1. The molecule has 0 bridgehead atoms. The van der Waals surface area contributed by atoms with Crippen molar-refractivity contribution in [2.24, 2.45) is 0 Å². The fourth-order valence-electron chi connectivity index (χ4n) is 0.837. The Morgan fingerprint density at radius 3 is 0.895 bits per heavy atom. The molecule has 16 heteroatoms. The lowest BCUT2D eigenvalue weighted by Gasteiger charge is -2.10. The smallest absolute Gasteiger partial charge is 0.330 e. The zero-order chi connectivity index (χ0) is 31.5. The highest BCUT2D eigenvalue weighted by molar-refractivity contribution is 6.55. The monoisotopic (exact) mass is 644 g/mol. The topological polar surface area (TPSA) is 213 Å². The van der Waals surface area contributed by atoms with Crippen LogP contribution in [0.15, 0.2) is 36.5 Å². The van der Waals surface area contributed by atoms with Crippen molar-refractivity contribution in [2.45, 2.75) is 33.0 Å². The predicted molar refractivity (Wildman–Crippen MR) is 147 cm³/mol. The molecule has 0 aromatic heterocycles. The van der Waals surface area contributed by atoms with Gasteiger partial charge >= 0.3 is 17.9 Å². The Morgan fingerprint density at radius 2 is 0.763 bits per heavy atom.